The van der Waals surface area contributed by atoms with Crippen LogP contribution in [-0.4, -0.2) is 35.0 Å². The van der Waals surface area contributed by atoms with Gasteiger partial charge < -0.3 is 14.5 Å². The maximum Gasteiger partial charge on any atom is 0.339 e. The summed E-state index contributed by atoms with van der Waals surface area (Å²) in [6.07, 6.45) is 5.86. The molecule has 0 fully saturated rings. The highest BCUT2D eigenvalue weighted by Crippen LogP contribution is 2.36. The number of benzene rings is 1. The van der Waals surface area contributed by atoms with Crippen LogP contribution in [-0.2, 0) is 16.0 Å². The van der Waals surface area contributed by atoms with Crippen molar-refractivity contribution in [3.63, 3.8) is 0 Å². The van der Waals surface area contributed by atoms with Gasteiger partial charge in [0.25, 0.3) is 5.91 Å². The van der Waals surface area contributed by atoms with Gasteiger partial charge in [0.05, 0.1) is 23.0 Å². The van der Waals surface area contributed by atoms with E-state index in [1.807, 2.05) is 42.5 Å². The number of nitrogens with one attached hydrogen (secondary N) is 2. The van der Waals surface area contributed by atoms with Crippen LogP contribution in [0.4, 0.5) is 4.79 Å². The first-order valence-corrected chi connectivity index (χ1v) is 11.2. The zero-order valence-electron chi connectivity index (χ0n) is 19.4. The van der Waals surface area contributed by atoms with Gasteiger partial charge in [-0.05, 0) is 75.4 Å². The maximum atomic E-state index is 13.2. The molecule has 176 valence electrons. The Balaban J connectivity index is 1.61. The number of ether oxygens (including phenoxy) is 1. The lowest BCUT2D eigenvalue weighted by Gasteiger charge is -2.22. The molecule has 0 unspecified atom stereocenters. The number of fused-ring (bicyclic) bond motifs is 2. The molecule has 8 heteroatoms. The molecule has 0 atom stereocenters. The van der Waals surface area contributed by atoms with Gasteiger partial charge in [0.15, 0.2) is 6.61 Å². The van der Waals surface area contributed by atoms with E-state index < -0.39 is 30.1 Å². The van der Waals surface area contributed by atoms with E-state index in [0.29, 0.717) is 28.6 Å². The molecule has 2 aromatic heterocycles. The molecule has 4 rings (SSSR count). The topological polar surface area (TPSA) is 111 Å². The van der Waals surface area contributed by atoms with Crippen molar-refractivity contribution in [2.45, 2.75) is 45.6 Å². The van der Waals surface area contributed by atoms with Crippen molar-refractivity contribution in [1.82, 2.24) is 15.6 Å². The Labute approximate surface area is 197 Å². The van der Waals surface area contributed by atoms with Crippen LogP contribution in [0.5, 0.6) is 0 Å². The predicted molar refractivity (Wildman–Crippen MR) is 128 cm³/mol. The summed E-state index contributed by atoms with van der Waals surface area (Å²) < 4.78 is 10.8. The second-order valence-corrected chi connectivity index (χ2v) is 9.20. The van der Waals surface area contributed by atoms with Gasteiger partial charge in [-0.15, -0.1) is 0 Å². The summed E-state index contributed by atoms with van der Waals surface area (Å²) in [5, 5.41) is 5.46. The molecule has 0 bridgehead atoms. The molecular formula is C26H27N3O5. The lowest BCUT2D eigenvalue weighted by Crippen LogP contribution is -2.49. The molecule has 8 nitrogen and oxygen atoms in total. The monoisotopic (exact) mass is 461 g/mol. The van der Waals surface area contributed by atoms with E-state index in [9.17, 15) is 14.4 Å². The molecule has 34 heavy (non-hydrogen) atoms. The molecular weight excluding hydrogens is 434 g/mol. The van der Waals surface area contributed by atoms with Crippen LogP contribution in [0.25, 0.3) is 22.6 Å². The number of carbonyl (C=O) groups excluding carboxylic acids is 3. The molecule has 0 aliphatic heterocycles. The second kappa shape index (κ2) is 9.51. The van der Waals surface area contributed by atoms with Crippen molar-refractivity contribution in [2.75, 3.05) is 6.61 Å². The van der Waals surface area contributed by atoms with E-state index in [0.717, 1.165) is 29.7 Å². The Morgan fingerprint density at radius 2 is 1.91 bits per heavy atom. The van der Waals surface area contributed by atoms with Crippen LogP contribution in [0, 0.1) is 0 Å². The average Bonchev–Trinajstić information content (AvgIpc) is 3.28. The van der Waals surface area contributed by atoms with Gasteiger partial charge in [-0.3, -0.25) is 10.1 Å². The summed E-state index contributed by atoms with van der Waals surface area (Å²) >= 11 is 0. The average molecular weight is 462 g/mol. The summed E-state index contributed by atoms with van der Waals surface area (Å²) in [5.74, 6) is -0.617. The molecule has 3 amide bonds. The molecule has 0 radical (unpaired) electrons. The first kappa shape index (κ1) is 23.2. The highest BCUT2D eigenvalue weighted by Gasteiger charge is 2.27. The van der Waals surface area contributed by atoms with Crippen molar-refractivity contribution in [3.05, 3.63) is 65.2 Å². The number of furan rings is 1. The number of hydrogen-bond donors (Lipinski definition) is 2. The van der Waals surface area contributed by atoms with Gasteiger partial charge in [-0.1, -0.05) is 18.2 Å². The minimum atomic E-state index is -0.708. The van der Waals surface area contributed by atoms with Gasteiger partial charge in [0.2, 0.25) is 0 Å². The fourth-order valence-corrected chi connectivity index (χ4v) is 3.99. The van der Waals surface area contributed by atoms with Crippen LogP contribution in [0.1, 0.15) is 61.0 Å². The third-order valence-electron chi connectivity index (χ3n) is 5.31. The van der Waals surface area contributed by atoms with E-state index in [4.69, 9.17) is 14.1 Å². The first-order chi connectivity index (χ1) is 16.2. The molecule has 1 aliphatic carbocycles. The van der Waals surface area contributed by atoms with Crippen molar-refractivity contribution >= 4 is 40.5 Å². The lowest BCUT2D eigenvalue weighted by molar-refractivity contribution is -0.123. The van der Waals surface area contributed by atoms with Crippen molar-refractivity contribution in [3.8, 4) is 0 Å². The van der Waals surface area contributed by atoms with E-state index >= 15 is 0 Å². The van der Waals surface area contributed by atoms with E-state index in [2.05, 4.69) is 10.6 Å². The smallest absolute Gasteiger partial charge is 0.339 e. The third kappa shape index (κ3) is 5.33. The number of allylic oxidation sites excluding steroid dienone is 1. The molecule has 1 aromatic carbocycles. The van der Waals surface area contributed by atoms with Gasteiger partial charge in [-0.25, -0.2) is 14.6 Å². The molecule has 3 aromatic rings. The van der Waals surface area contributed by atoms with Crippen LogP contribution in [0.3, 0.4) is 0 Å². The molecule has 0 saturated carbocycles. The highest BCUT2D eigenvalue weighted by atomic mass is 16.5. The lowest BCUT2D eigenvalue weighted by atomic mass is 9.86. The number of pyridine rings is 1. The molecule has 2 heterocycles. The fraction of sp³-hybridized carbons (Fsp3) is 0.308. The molecule has 2 N–H and O–H groups in total. The Bertz CT molecular complexity index is 1270. The zero-order chi connectivity index (χ0) is 24.3. The van der Waals surface area contributed by atoms with Crippen LogP contribution >= 0.6 is 0 Å². The number of nitrogens with zero attached hydrogens (tertiary/aromatic N) is 1. The number of para-hydroxylation sites is 1. The Morgan fingerprint density at radius 1 is 1.12 bits per heavy atom. The van der Waals surface area contributed by atoms with Crippen molar-refractivity contribution in [2.24, 2.45) is 0 Å². The van der Waals surface area contributed by atoms with Crippen molar-refractivity contribution < 1.29 is 23.5 Å². The minimum Gasteiger partial charge on any atom is -0.465 e. The van der Waals surface area contributed by atoms with E-state index in [1.165, 1.54) is 0 Å². The zero-order valence-corrected chi connectivity index (χ0v) is 19.4. The highest BCUT2D eigenvalue weighted by molar-refractivity contribution is 6.07. The summed E-state index contributed by atoms with van der Waals surface area (Å²) in [6, 6.07) is 10.4. The number of hydrogen-bond acceptors (Lipinski definition) is 6. The van der Waals surface area contributed by atoms with Gasteiger partial charge in [0, 0.05) is 10.9 Å². The SMILES string of the molecule is CC(C)(C)NC(=O)NC(=O)COC(=O)c1c2c(nc3ccccc13)/C(=C/c1ccco1)CCC2. The molecule has 1 aliphatic rings. The number of imide groups is 1. The van der Waals surface area contributed by atoms with Gasteiger partial charge in [0.1, 0.15) is 5.76 Å². The Kier molecular flexibility index (Phi) is 6.49. The maximum absolute atomic E-state index is 13.2. The number of rotatable bonds is 4. The number of urea groups is 1. The Hall–Kier alpha value is -3.94. The van der Waals surface area contributed by atoms with Crippen LogP contribution in [0.15, 0.2) is 47.1 Å². The summed E-state index contributed by atoms with van der Waals surface area (Å²) in [5.41, 5.74) is 3.07. The number of carbonyl (C=O) groups is 3. The molecule has 0 saturated heterocycles. The first-order valence-electron chi connectivity index (χ1n) is 11.2. The molecule has 0 spiro atoms. The number of amides is 3. The van der Waals surface area contributed by atoms with E-state index in [-0.39, 0.29) is 0 Å². The third-order valence-corrected chi connectivity index (χ3v) is 5.31. The van der Waals surface area contributed by atoms with Gasteiger partial charge in [-0.2, -0.15) is 0 Å². The minimum absolute atomic E-state index is 0.401. The summed E-state index contributed by atoms with van der Waals surface area (Å²) in [4.78, 5) is 42.1. The predicted octanol–water partition coefficient (Wildman–Crippen LogP) is 4.49. The summed E-state index contributed by atoms with van der Waals surface area (Å²) in [7, 11) is 0. The number of esters is 1. The Morgan fingerprint density at radius 3 is 2.65 bits per heavy atom. The van der Waals surface area contributed by atoms with Crippen LogP contribution < -0.4 is 10.6 Å². The largest absolute Gasteiger partial charge is 0.465 e. The van der Waals surface area contributed by atoms with Gasteiger partial charge >= 0.3 is 12.0 Å². The van der Waals surface area contributed by atoms with E-state index in [1.54, 1.807) is 27.0 Å². The normalized spacial score (nSPS) is 14.5. The fourth-order valence-electron chi connectivity index (χ4n) is 3.99. The van der Waals surface area contributed by atoms with Crippen molar-refractivity contribution in [1.29, 1.82) is 0 Å². The summed E-state index contributed by atoms with van der Waals surface area (Å²) in [6.45, 7) is 4.81. The number of aromatic nitrogens is 1. The quantitative estimate of drug-likeness (QED) is 0.554. The second-order valence-electron chi connectivity index (χ2n) is 9.20. The van der Waals surface area contributed by atoms with Crippen LogP contribution in [0.2, 0.25) is 0 Å². The standard InChI is InChI=1S/C26H27N3O5/c1-26(2,3)29-25(32)28-21(30)15-34-24(31)22-18-10-4-5-12-20(18)27-23-16(8-6-11-19(22)23)14-17-9-7-13-33-17/h4-5,7,9-10,12-14H,6,8,11,15H2,1-3H3,(H2,28,29,30,32)/b16-14+.